The van der Waals surface area contributed by atoms with Crippen molar-refractivity contribution in [1.29, 1.82) is 0 Å². The van der Waals surface area contributed by atoms with Gasteiger partial charge in [-0.2, -0.15) is 4.31 Å². The summed E-state index contributed by atoms with van der Waals surface area (Å²) >= 11 is 0. The van der Waals surface area contributed by atoms with E-state index in [1.807, 2.05) is 37.3 Å². The van der Waals surface area contributed by atoms with Gasteiger partial charge in [-0.15, -0.1) is 0 Å². The molecular weight excluding hydrogens is 438 g/mol. The van der Waals surface area contributed by atoms with Crippen LogP contribution in [-0.4, -0.2) is 25.4 Å². The Kier molecular flexibility index (Phi) is 5.58. The summed E-state index contributed by atoms with van der Waals surface area (Å²) in [6.07, 6.45) is 2.73. The number of aryl methyl sites for hydroxylation is 3. The van der Waals surface area contributed by atoms with Crippen molar-refractivity contribution < 1.29 is 22.7 Å². The lowest BCUT2D eigenvalue weighted by Crippen LogP contribution is -2.38. The average Bonchev–Trinajstić information content (AvgIpc) is 3.45. The molecule has 7 heteroatoms. The maximum Gasteiger partial charge on any atom is 0.429 e. The third kappa shape index (κ3) is 4.33. The topological polar surface area (TPSA) is 72.9 Å². The molecule has 2 aliphatic rings. The van der Waals surface area contributed by atoms with Crippen molar-refractivity contribution in [3.63, 3.8) is 0 Å². The molecule has 0 saturated carbocycles. The normalized spacial score (nSPS) is 14.3. The standard InChI is InChI=1S/C26H25NO5S/c1-18-4-2-5-19(14-18)17-27(26(28)32-23-9-8-20-6-3-7-21(20)15-23)33(29,30)24-10-11-25-22(16-24)12-13-31-25/h2,4-5,8-11,14-16H,3,6-7,12-13,17H2,1H3. The van der Waals surface area contributed by atoms with E-state index in [0.29, 0.717) is 30.1 Å². The molecule has 1 aliphatic heterocycles. The number of carbonyl (C=O) groups is 1. The highest BCUT2D eigenvalue weighted by Crippen LogP contribution is 2.31. The second-order valence-corrected chi connectivity index (χ2v) is 10.4. The van der Waals surface area contributed by atoms with Crippen molar-refractivity contribution in [3.8, 4) is 11.5 Å². The van der Waals surface area contributed by atoms with Gasteiger partial charge in [0.2, 0.25) is 0 Å². The Bertz CT molecular complexity index is 1330. The zero-order valence-corrected chi connectivity index (χ0v) is 19.2. The molecule has 0 N–H and O–H groups in total. The van der Waals surface area contributed by atoms with Gasteiger partial charge in [0.25, 0.3) is 10.0 Å². The molecule has 0 radical (unpaired) electrons. The van der Waals surface area contributed by atoms with E-state index in [1.165, 1.54) is 11.6 Å². The van der Waals surface area contributed by atoms with Crippen molar-refractivity contribution in [2.45, 2.75) is 44.0 Å². The molecule has 0 bridgehead atoms. The molecule has 0 saturated heterocycles. The summed E-state index contributed by atoms with van der Waals surface area (Å²) in [7, 11) is -4.16. The SMILES string of the molecule is Cc1cccc(CN(C(=O)Oc2ccc3c(c2)CCC3)S(=O)(=O)c2ccc3c(c2)CCO3)c1. The maximum atomic E-state index is 13.6. The van der Waals surface area contributed by atoms with E-state index in [2.05, 4.69) is 0 Å². The summed E-state index contributed by atoms with van der Waals surface area (Å²) in [5, 5.41) is 0. The number of amides is 1. The fourth-order valence-corrected chi connectivity index (χ4v) is 5.78. The minimum atomic E-state index is -4.16. The van der Waals surface area contributed by atoms with E-state index >= 15 is 0 Å². The van der Waals surface area contributed by atoms with E-state index < -0.39 is 16.1 Å². The molecule has 0 fully saturated rings. The van der Waals surface area contributed by atoms with Crippen LogP contribution >= 0.6 is 0 Å². The maximum absolute atomic E-state index is 13.6. The minimum Gasteiger partial charge on any atom is -0.493 e. The van der Waals surface area contributed by atoms with Gasteiger partial charge in [-0.25, -0.2) is 13.2 Å². The van der Waals surface area contributed by atoms with Crippen LogP contribution in [-0.2, 0) is 35.8 Å². The number of sulfonamides is 1. The molecule has 1 aliphatic carbocycles. The highest BCUT2D eigenvalue weighted by atomic mass is 32.2. The fourth-order valence-electron chi connectivity index (χ4n) is 4.44. The summed E-state index contributed by atoms with van der Waals surface area (Å²) in [6, 6.07) is 17.7. The van der Waals surface area contributed by atoms with Crippen LogP contribution in [0.5, 0.6) is 11.5 Å². The van der Waals surface area contributed by atoms with Crippen molar-refractivity contribution in [1.82, 2.24) is 4.31 Å². The first-order valence-electron chi connectivity index (χ1n) is 11.1. The Balaban J connectivity index is 1.48. The third-order valence-corrected chi connectivity index (χ3v) is 7.84. The molecule has 6 nitrogen and oxygen atoms in total. The molecule has 1 amide bonds. The van der Waals surface area contributed by atoms with Crippen LogP contribution in [0.25, 0.3) is 0 Å². The van der Waals surface area contributed by atoms with Crippen LogP contribution in [0.2, 0.25) is 0 Å². The van der Waals surface area contributed by atoms with Crippen molar-refractivity contribution >= 4 is 16.1 Å². The van der Waals surface area contributed by atoms with Crippen molar-refractivity contribution in [2.24, 2.45) is 0 Å². The number of rotatable bonds is 5. The van der Waals surface area contributed by atoms with Crippen molar-refractivity contribution in [3.05, 3.63) is 88.5 Å². The van der Waals surface area contributed by atoms with E-state index in [-0.39, 0.29) is 11.4 Å². The second-order valence-electron chi connectivity index (χ2n) is 8.52. The van der Waals surface area contributed by atoms with Gasteiger partial charge >= 0.3 is 6.09 Å². The van der Waals surface area contributed by atoms with Crippen LogP contribution in [0.3, 0.4) is 0 Å². The van der Waals surface area contributed by atoms with Gasteiger partial charge in [0.1, 0.15) is 11.5 Å². The molecule has 170 valence electrons. The lowest BCUT2D eigenvalue weighted by Gasteiger charge is -2.22. The van der Waals surface area contributed by atoms with Gasteiger partial charge < -0.3 is 9.47 Å². The van der Waals surface area contributed by atoms with Crippen LogP contribution in [0.1, 0.15) is 34.2 Å². The summed E-state index contributed by atoms with van der Waals surface area (Å²) in [4.78, 5) is 13.3. The van der Waals surface area contributed by atoms with E-state index in [4.69, 9.17) is 9.47 Å². The predicted molar refractivity (Wildman–Crippen MR) is 124 cm³/mol. The molecule has 3 aromatic carbocycles. The monoisotopic (exact) mass is 463 g/mol. The third-order valence-electron chi connectivity index (χ3n) is 6.14. The minimum absolute atomic E-state index is 0.0466. The molecule has 33 heavy (non-hydrogen) atoms. The Morgan fingerprint density at radius 3 is 2.67 bits per heavy atom. The largest absolute Gasteiger partial charge is 0.493 e. The Labute approximate surface area is 193 Å². The van der Waals surface area contributed by atoms with Gasteiger partial charge in [0.15, 0.2) is 0 Å². The first-order chi connectivity index (χ1) is 15.9. The molecule has 3 aromatic rings. The van der Waals surface area contributed by atoms with Gasteiger partial charge in [-0.3, -0.25) is 0 Å². The Hall–Kier alpha value is -3.32. The average molecular weight is 464 g/mol. The highest BCUT2D eigenvalue weighted by Gasteiger charge is 2.32. The molecule has 0 aromatic heterocycles. The first kappa shape index (κ1) is 21.5. The molecule has 0 unspecified atom stereocenters. The van der Waals surface area contributed by atoms with Crippen LogP contribution < -0.4 is 9.47 Å². The second kappa shape index (κ2) is 8.56. The van der Waals surface area contributed by atoms with Crippen LogP contribution in [0, 0.1) is 6.92 Å². The molecular formula is C26H25NO5S. The lowest BCUT2D eigenvalue weighted by molar-refractivity contribution is 0.177. The Morgan fingerprint density at radius 1 is 0.970 bits per heavy atom. The molecule has 1 heterocycles. The summed E-state index contributed by atoms with van der Waals surface area (Å²) in [5.74, 6) is 1.03. The summed E-state index contributed by atoms with van der Waals surface area (Å²) < 4.78 is 39.1. The van der Waals surface area contributed by atoms with Gasteiger partial charge in [-0.05, 0) is 78.8 Å². The van der Waals surface area contributed by atoms with E-state index in [0.717, 1.165) is 40.3 Å². The highest BCUT2D eigenvalue weighted by molar-refractivity contribution is 7.89. The summed E-state index contributed by atoms with van der Waals surface area (Å²) in [5.41, 5.74) is 4.89. The van der Waals surface area contributed by atoms with Crippen LogP contribution in [0.4, 0.5) is 4.79 Å². The van der Waals surface area contributed by atoms with Gasteiger partial charge in [0.05, 0.1) is 18.0 Å². The zero-order chi connectivity index (χ0) is 23.0. The van der Waals surface area contributed by atoms with Crippen molar-refractivity contribution in [2.75, 3.05) is 6.61 Å². The number of benzene rings is 3. The molecule has 5 rings (SSSR count). The number of fused-ring (bicyclic) bond motifs is 2. The molecule has 0 spiro atoms. The first-order valence-corrected chi connectivity index (χ1v) is 12.5. The Morgan fingerprint density at radius 2 is 1.82 bits per heavy atom. The lowest BCUT2D eigenvalue weighted by atomic mass is 10.1. The number of nitrogens with zero attached hydrogens (tertiary/aromatic N) is 1. The number of hydrogen-bond acceptors (Lipinski definition) is 5. The van der Waals surface area contributed by atoms with Gasteiger partial charge in [-0.1, -0.05) is 35.9 Å². The zero-order valence-electron chi connectivity index (χ0n) is 18.4. The molecule has 0 atom stereocenters. The number of carbonyl (C=O) groups excluding carboxylic acids is 1. The quantitative estimate of drug-likeness (QED) is 0.543. The smallest absolute Gasteiger partial charge is 0.429 e. The number of ether oxygens (including phenoxy) is 2. The van der Waals surface area contributed by atoms with E-state index in [1.54, 1.807) is 24.3 Å². The fraction of sp³-hybridized carbons (Fsp3) is 0.269. The number of hydrogen-bond donors (Lipinski definition) is 0. The summed E-state index contributed by atoms with van der Waals surface area (Å²) in [6.45, 7) is 2.32. The van der Waals surface area contributed by atoms with E-state index in [9.17, 15) is 13.2 Å². The van der Waals surface area contributed by atoms with Crippen LogP contribution in [0.15, 0.2) is 65.6 Å². The van der Waals surface area contributed by atoms with Gasteiger partial charge in [0, 0.05) is 6.42 Å². The predicted octanol–water partition coefficient (Wildman–Crippen LogP) is 4.81.